The second-order valence-corrected chi connectivity index (χ2v) is 13.3. The first-order valence-electron chi connectivity index (χ1n) is 13.4. The van der Waals surface area contributed by atoms with Gasteiger partial charge in [-0.3, -0.25) is 24.0 Å². The van der Waals surface area contributed by atoms with Crippen LogP contribution < -0.4 is 0 Å². The molecule has 7 atom stereocenters. The predicted octanol–water partition coefficient (Wildman–Crippen LogP) is 4.26. The Hall–Kier alpha value is -2.41. The number of aliphatic hydroxyl groups is 1. The molecule has 0 saturated heterocycles. The van der Waals surface area contributed by atoms with E-state index in [0.717, 1.165) is 0 Å². The number of allylic oxidation sites excluding steroid dienone is 4. The molecule has 4 rings (SSSR count). The zero-order valence-corrected chi connectivity index (χ0v) is 23.1. The molecule has 0 aromatic carbocycles. The smallest absolute Gasteiger partial charge is 0.306 e. The highest BCUT2D eigenvalue weighted by atomic mass is 16.4. The normalized spacial score (nSPS) is 40.2. The van der Waals surface area contributed by atoms with Gasteiger partial charge in [0.25, 0.3) is 0 Å². The van der Waals surface area contributed by atoms with Crippen molar-refractivity contribution in [2.24, 2.45) is 39.4 Å². The van der Waals surface area contributed by atoms with Crippen molar-refractivity contribution in [3.8, 4) is 0 Å². The minimum Gasteiger partial charge on any atom is -0.481 e. The van der Waals surface area contributed by atoms with Crippen LogP contribution in [0.15, 0.2) is 22.8 Å². The van der Waals surface area contributed by atoms with E-state index in [1.54, 1.807) is 6.92 Å². The van der Waals surface area contributed by atoms with Crippen molar-refractivity contribution < 1.29 is 34.2 Å². The topological polar surface area (TPSA) is 126 Å². The fraction of sp³-hybridized carbons (Fsp3) is 0.700. The van der Waals surface area contributed by atoms with E-state index in [-0.39, 0.29) is 54.7 Å². The van der Waals surface area contributed by atoms with E-state index in [9.17, 15) is 29.1 Å². The maximum Gasteiger partial charge on any atom is 0.306 e. The molecule has 0 aliphatic heterocycles. The molecule has 37 heavy (non-hydrogen) atoms. The Balaban J connectivity index is 1.81. The zero-order chi connectivity index (χ0) is 27.9. The van der Waals surface area contributed by atoms with E-state index in [2.05, 4.69) is 0 Å². The molecule has 0 amide bonds. The molecular formula is C30H40O7. The number of carbonyl (C=O) groups excluding carboxylic acids is 4. The van der Waals surface area contributed by atoms with Gasteiger partial charge in [-0.2, -0.15) is 0 Å². The van der Waals surface area contributed by atoms with Crippen LogP contribution in [0.25, 0.3) is 0 Å². The van der Waals surface area contributed by atoms with Crippen molar-refractivity contribution in [2.75, 3.05) is 0 Å². The Morgan fingerprint density at radius 2 is 1.65 bits per heavy atom. The van der Waals surface area contributed by atoms with Crippen molar-refractivity contribution in [3.05, 3.63) is 22.8 Å². The minimum absolute atomic E-state index is 0.0930. The van der Waals surface area contributed by atoms with Crippen LogP contribution in [0.4, 0.5) is 0 Å². The summed E-state index contributed by atoms with van der Waals surface area (Å²) in [5.74, 6) is -3.18. The number of carboxylic acid groups (broad SMARTS) is 1. The molecule has 202 valence electrons. The fourth-order valence-corrected chi connectivity index (χ4v) is 8.42. The number of aliphatic carboxylic acids is 1. The average Bonchev–Trinajstić information content (AvgIpc) is 2.99. The molecule has 0 radical (unpaired) electrons. The Kier molecular flexibility index (Phi) is 6.38. The summed E-state index contributed by atoms with van der Waals surface area (Å²) in [6.45, 7) is 12.9. The van der Waals surface area contributed by atoms with E-state index < -0.39 is 45.6 Å². The van der Waals surface area contributed by atoms with E-state index in [1.807, 2.05) is 34.6 Å². The average molecular weight is 513 g/mol. The number of carboxylic acids is 1. The van der Waals surface area contributed by atoms with Crippen LogP contribution in [0, 0.1) is 39.4 Å². The van der Waals surface area contributed by atoms with Crippen molar-refractivity contribution >= 4 is 29.1 Å². The van der Waals surface area contributed by atoms with Crippen LogP contribution in [0.3, 0.4) is 0 Å². The standard InChI is InChI=1S/C30H40O7/c1-15(10-17(31)11-16(2)26(36)37)18-12-23(35)30(7)25-19(32)13-21-27(3,4)22(34)8-9-28(21,5)24(25)20(33)14-29(18,30)6/h10,16,18,21-22,34H,8-9,11-14H2,1-7H3,(H,36,37)/b15-10+. The lowest BCUT2D eigenvalue weighted by Gasteiger charge is -2.59. The third-order valence-electron chi connectivity index (χ3n) is 11.0. The number of hydrogen-bond donors (Lipinski definition) is 2. The molecule has 0 heterocycles. The Bertz CT molecular complexity index is 1170. The summed E-state index contributed by atoms with van der Waals surface area (Å²) >= 11 is 0. The van der Waals surface area contributed by atoms with Gasteiger partial charge < -0.3 is 10.2 Å². The van der Waals surface area contributed by atoms with Gasteiger partial charge >= 0.3 is 5.97 Å². The van der Waals surface area contributed by atoms with Gasteiger partial charge in [0.15, 0.2) is 17.3 Å². The molecule has 0 aromatic heterocycles. The molecule has 7 nitrogen and oxygen atoms in total. The molecule has 7 unspecified atom stereocenters. The monoisotopic (exact) mass is 512 g/mol. The summed E-state index contributed by atoms with van der Waals surface area (Å²) < 4.78 is 0. The summed E-state index contributed by atoms with van der Waals surface area (Å²) in [6, 6.07) is 0. The van der Waals surface area contributed by atoms with Gasteiger partial charge in [-0.1, -0.05) is 40.2 Å². The van der Waals surface area contributed by atoms with E-state index in [0.29, 0.717) is 29.6 Å². The van der Waals surface area contributed by atoms with Crippen molar-refractivity contribution in [2.45, 2.75) is 93.1 Å². The number of carbonyl (C=O) groups is 5. The number of ketones is 4. The maximum atomic E-state index is 14.0. The van der Waals surface area contributed by atoms with Crippen molar-refractivity contribution in [3.63, 3.8) is 0 Å². The fourth-order valence-electron chi connectivity index (χ4n) is 8.42. The minimum atomic E-state index is -1.15. The first kappa shape index (κ1) is 27.6. The molecule has 7 heteroatoms. The zero-order valence-electron chi connectivity index (χ0n) is 23.1. The number of aliphatic hydroxyl groups excluding tert-OH is 1. The van der Waals surface area contributed by atoms with Crippen LogP contribution in [0.1, 0.15) is 87.0 Å². The quantitative estimate of drug-likeness (QED) is 0.527. The Morgan fingerprint density at radius 1 is 1.03 bits per heavy atom. The second-order valence-electron chi connectivity index (χ2n) is 13.3. The van der Waals surface area contributed by atoms with E-state index in [1.165, 1.54) is 13.0 Å². The lowest BCUT2D eigenvalue weighted by Crippen LogP contribution is -2.59. The summed E-state index contributed by atoms with van der Waals surface area (Å²) in [5.41, 5.74) is -1.66. The first-order chi connectivity index (χ1) is 16.9. The van der Waals surface area contributed by atoms with Crippen molar-refractivity contribution in [1.29, 1.82) is 0 Å². The molecule has 0 aromatic rings. The molecule has 4 aliphatic rings. The summed E-state index contributed by atoms with van der Waals surface area (Å²) in [5, 5.41) is 19.9. The van der Waals surface area contributed by atoms with Gasteiger partial charge in [-0.05, 0) is 55.4 Å². The van der Waals surface area contributed by atoms with Gasteiger partial charge in [-0.15, -0.1) is 0 Å². The van der Waals surface area contributed by atoms with Crippen LogP contribution in [0.2, 0.25) is 0 Å². The lowest BCUT2D eigenvalue weighted by atomic mass is 9.43. The second kappa shape index (κ2) is 8.55. The molecule has 2 saturated carbocycles. The van der Waals surface area contributed by atoms with Crippen molar-refractivity contribution in [1.82, 2.24) is 0 Å². The molecule has 2 fully saturated rings. The third-order valence-corrected chi connectivity index (χ3v) is 11.0. The van der Waals surface area contributed by atoms with Crippen LogP contribution in [0.5, 0.6) is 0 Å². The van der Waals surface area contributed by atoms with Crippen LogP contribution >= 0.6 is 0 Å². The Morgan fingerprint density at radius 3 is 2.24 bits per heavy atom. The number of rotatable bonds is 5. The molecule has 0 spiro atoms. The number of Topliss-reactive ketones (excluding diaryl/α,β-unsaturated/α-hetero) is 3. The molecule has 2 N–H and O–H groups in total. The van der Waals surface area contributed by atoms with Crippen LogP contribution in [-0.2, 0) is 24.0 Å². The SMILES string of the molecule is C/C(=C\C(=O)CC(C)C(=O)O)C1CC(=O)C2(C)C3=C(C(=O)CC12C)C1(C)CCC(O)C(C)(C)C1CC3=O. The molecular weight excluding hydrogens is 472 g/mol. The summed E-state index contributed by atoms with van der Waals surface area (Å²) in [4.78, 5) is 65.5. The summed E-state index contributed by atoms with van der Waals surface area (Å²) in [7, 11) is 0. The molecule has 4 aliphatic carbocycles. The van der Waals surface area contributed by atoms with Gasteiger partial charge in [0.1, 0.15) is 5.78 Å². The van der Waals surface area contributed by atoms with Gasteiger partial charge in [0.05, 0.1) is 17.4 Å². The number of hydrogen-bond acceptors (Lipinski definition) is 6. The van der Waals surface area contributed by atoms with E-state index >= 15 is 0 Å². The largest absolute Gasteiger partial charge is 0.481 e. The van der Waals surface area contributed by atoms with E-state index in [4.69, 9.17) is 5.11 Å². The van der Waals surface area contributed by atoms with Gasteiger partial charge in [-0.25, -0.2) is 0 Å². The highest BCUT2D eigenvalue weighted by Crippen LogP contribution is 2.69. The third kappa shape index (κ3) is 3.67. The lowest BCUT2D eigenvalue weighted by molar-refractivity contribution is -0.144. The maximum absolute atomic E-state index is 14.0. The summed E-state index contributed by atoms with van der Waals surface area (Å²) in [6.07, 6.45) is 2.24. The highest BCUT2D eigenvalue weighted by Gasteiger charge is 2.70. The predicted molar refractivity (Wildman–Crippen MR) is 136 cm³/mol. The molecule has 0 bridgehead atoms. The van der Waals surface area contributed by atoms with Crippen LogP contribution in [-0.4, -0.2) is 45.4 Å². The van der Waals surface area contributed by atoms with Gasteiger partial charge in [0, 0.05) is 42.2 Å². The first-order valence-corrected chi connectivity index (χ1v) is 13.4. The number of fused-ring (bicyclic) bond motifs is 4. The Labute approximate surface area is 218 Å². The highest BCUT2D eigenvalue weighted by molar-refractivity contribution is 6.16. The van der Waals surface area contributed by atoms with Gasteiger partial charge in [0.2, 0.25) is 0 Å².